The number of nitriles is 1. The van der Waals surface area contributed by atoms with Crippen LogP contribution >= 0.6 is 11.8 Å². The summed E-state index contributed by atoms with van der Waals surface area (Å²) in [6.07, 6.45) is 1.68. The molecule has 0 aliphatic carbocycles. The predicted octanol–water partition coefficient (Wildman–Crippen LogP) is 0.581. The molecule has 0 aromatic rings. The van der Waals surface area contributed by atoms with E-state index in [0.29, 0.717) is 0 Å². The summed E-state index contributed by atoms with van der Waals surface area (Å²) < 4.78 is 0. The number of rotatable bonds is 1. The van der Waals surface area contributed by atoms with Gasteiger partial charge in [-0.15, -0.1) is 11.8 Å². The zero-order valence-corrected chi connectivity index (χ0v) is 5.12. The van der Waals surface area contributed by atoms with Crippen LogP contribution in [0.25, 0.3) is 0 Å². The molecule has 0 heterocycles. The lowest BCUT2D eigenvalue weighted by Gasteiger charge is -2.06. The Balaban J connectivity index is 3.66. The van der Waals surface area contributed by atoms with Gasteiger partial charge in [0.1, 0.15) is 6.07 Å². The Morgan fingerprint density at radius 3 is 2.29 bits per heavy atom. The predicted molar refractivity (Wildman–Crippen MR) is 29.8 cm³/mol. The summed E-state index contributed by atoms with van der Waals surface area (Å²) in [5.41, 5.74) is 0. The Morgan fingerprint density at radius 2 is 2.29 bits per heavy atom. The zero-order valence-electron chi connectivity index (χ0n) is 4.30. The van der Waals surface area contributed by atoms with Crippen LogP contribution in [0.2, 0.25) is 0 Å². The van der Waals surface area contributed by atoms with E-state index < -0.39 is 4.93 Å². The molecule has 3 heteroatoms. The third-order valence-electron chi connectivity index (χ3n) is 0.605. The van der Waals surface area contributed by atoms with E-state index in [1.165, 1.54) is 6.92 Å². The Morgan fingerprint density at radius 1 is 1.86 bits per heavy atom. The van der Waals surface area contributed by atoms with Gasteiger partial charge in [-0.3, -0.25) is 0 Å². The zero-order chi connectivity index (χ0) is 5.91. The lowest BCUT2D eigenvalue weighted by atomic mass is 10.5. The van der Waals surface area contributed by atoms with Crippen molar-refractivity contribution < 1.29 is 5.11 Å². The Bertz CT molecular complexity index is 94.4. The van der Waals surface area contributed by atoms with E-state index in [2.05, 4.69) is 0 Å². The first kappa shape index (κ1) is 6.80. The molecule has 0 saturated heterocycles. The van der Waals surface area contributed by atoms with Gasteiger partial charge in [-0.2, -0.15) is 5.26 Å². The molecule has 0 rings (SSSR count). The van der Waals surface area contributed by atoms with Crippen molar-refractivity contribution in [2.45, 2.75) is 11.9 Å². The maximum atomic E-state index is 8.73. The summed E-state index contributed by atoms with van der Waals surface area (Å²) in [5.74, 6) is 0. The van der Waals surface area contributed by atoms with E-state index in [1.54, 1.807) is 12.3 Å². The van der Waals surface area contributed by atoms with Crippen molar-refractivity contribution in [3.05, 3.63) is 0 Å². The molecular formula is C4H7NOS. The van der Waals surface area contributed by atoms with Crippen molar-refractivity contribution in [3.8, 4) is 6.07 Å². The smallest absolute Gasteiger partial charge is 0.195 e. The molecule has 0 fully saturated rings. The maximum Gasteiger partial charge on any atom is 0.195 e. The molecule has 0 aromatic carbocycles. The van der Waals surface area contributed by atoms with Crippen LogP contribution in [-0.2, 0) is 0 Å². The third kappa shape index (κ3) is 2.49. The van der Waals surface area contributed by atoms with Crippen molar-refractivity contribution >= 4 is 11.8 Å². The molecule has 0 aliphatic rings. The number of thioether (sulfide) groups is 1. The summed E-state index contributed by atoms with van der Waals surface area (Å²) >= 11 is 1.12. The molecule has 1 atom stereocenters. The SMILES string of the molecule is CSC(C)(O)C#N. The van der Waals surface area contributed by atoms with Crippen molar-refractivity contribution in [2.24, 2.45) is 0 Å². The molecule has 0 aromatic heterocycles. The molecule has 0 bridgehead atoms. The van der Waals surface area contributed by atoms with Gasteiger partial charge in [0.25, 0.3) is 0 Å². The van der Waals surface area contributed by atoms with Gasteiger partial charge in [-0.25, -0.2) is 0 Å². The van der Waals surface area contributed by atoms with Gasteiger partial charge in [0, 0.05) is 0 Å². The van der Waals surface area contributed by atoms with Crippen LogP contribution in [-0.4, -0.2) is 16.3 Å². The highest BCUT2D eigenvalue weighted by molar-refractivity contribution is 8.00. The summed E-state index contributed by atoms with van der Waals surface area (Å²) in [6, 6.07) is 1.71. The largest absolute Gasteiger partial charge is 0.367 e. The van der Waals surface area contributed by atoms with E-state index in [0.717, 1.165) is 11.8 Å². The van der Waals surface area contributed by atoms with E-state index >= 15 is 0 Å². The minimum absolute atomic E-state index is 1.12. The number of nitrogens with zero attached hydrogens (tertiary/aromatic N) is 1. The van der Waals surface area contributed by atoms with Gasteiger partial charge in [0.2, 0.25) is 0 Å². The molecule has 0 saturated carbocycles. The maximum absolute atomic E-state index is 8.73. The molecular weight excluding hydrogens is 110 g/mol. The van der Waals surface area contributed by atoms with Crippen LogP contribution in [0, 0.1) is 11.3 Å². The van der Waals surface area contributed by atoms with Gasteiger partial charge in [-0.05, 0) is 13.2 Å². The van der Waals surface area contributed by atoms with Crippen LogP contribution in [0.4, 0.5) is 0 Å². The normalized spacial score (nSPS) is 17.4. The Labute approximate surface area is 47.1 Å². The molecule has 2 nitrogen and oxygen atoms in total. The average Bonchev–Trinajstić information content (AvgIpc) is 1.68. The van der Waals surface area contributed by atoms with Crippen LogP contribution in [0.5, 0.6) is 0 Å². The van der Waals surface area contributed by atoms with Gasteiger partial charge in [-0.1, -0.05) is 0 Å². The van der Waals surface area contributed by atoms with E-state index in [-0.39, 0.29) is 0 Å². The summed E-state index contributed by atoms with van der Waals surface area (Å²) in [7, 11) is 0. The van der Waals surface area contributed by atoms with Crippen molar-refractivity contribution in [3.63, 3.8) is 0 Å². The van der Waals surface area contributed by atoms with Gasteiger partial charge in [0.05, 0.1) is 0 Å². The minimum Gasteiger partial charge on any atom is -0.367 e. The summed E-state index contributed by atoms with van der Waals surface area (Å²) in [4.78, 5) is -1.19. The number of hydrogen-bond donors (Lipinski definition) is 1. The van der Waals surface area contributed by atoms with Crippen LogP contribution in [0.15, 0.2) is 0 Å². The Kier molecular flexibility index (Phi) is 2.13. The lowest BCUT2D eigenvalue weighted by molar-refractivity contribution is 0.217. The lowest BCUT2D eigenvalue weighted by Crippen LogP contribution is -2.13. The fourth-order valence-corrected chi connectivity index (χ4v) is 0.137. The van der Waals surface area contributed by atoms with E-state index in [9.17, 15) is 0 Å². The highest BCUT2D eigenvalue weighted by Crippen LogP contribution is 2.15. The van der Waals surface area contributed by atoms with Crippen LogP contribution < -0.4 is 0 Å². The quantitative estimate of drug-likeness (QED) is 0.403. The molecule has 1 unspecified atom stereocenters. The molecule has 40 valence electrons. The second kappa shape index (κ2) is 2.20. The van der Waals surface area contributed by atoms with Gasteiger partial charge in [0.15, 0.2) is 4.93 Å². The first-order chi connectivity index (χ1) is 3.12. The van der Waals surface area contributed by atoms with E-state index in [1.807, 2.05) is 0 Å². The van der Waals surface area contributed by atoms with Crippen LogP contribution in [0.3, 0.4) is 0 Å². The summed E-state index contributed by atoms with van der Waals surface area (Å²) in [6.45, 7) is 1.46. The fraction of sp³-hybridized carbons (Fsp3) is 0.750. The highest BCUT2D eigenvalue weighted by atomic mass is 32.2. The molecule has 0 amide bonds. The Hall–Kier alpha value is -0.200. The van der Waals surface area contributed by atoms with E-state index in [4.69, 9.17) is 10.4 Å². The molecule has 1 N–H and O–H groups in total. The monoisotopic (exact) mass is 117 g/mol. The minimum atomic E-state index is -1.19. The average molecular weight is 117 g/mol. The molecule has 0 spiro atoms. The number of hydrogen-bond acceptors (Lipinski definition) is 3. The second-order valence-electron chi connectivity index (χ2n) is 1.30. The summed E-state index contributed by atoms with van der Waals surface area (Å²) in [5, 5.41) is 16.8. The fourth-order valence-electron chi connectivity index (χ4n) is 0.0456. The van der Waals surface area contributed by atoms with Crippen molar-refractivity contribution in [1.82, 2.24) is 0 Å². The first-order valence-corrected chi connectivity index (χ1v) is 3.03. The molecule has 7 heavy (non-hydrogen) atoms. The van der Waals surface area contributed by atoms with Crippen molar-refractivity contribution in [2.75, 3.05) is 6.26 Å². The van der Waals surface area contributed by atoms with Crippen LogP contribution in [0.1, 0.15) is 6.92 Å². The highest BCUT2D eigenvalue weighted by Gasteiger charge is 2.15. The third-order valence-corrected chi connectivity index (χ3v) is 1.49. The molecule has 0 radical (unpaired) electrons. The molecule has 0 aliphatic heterocycles. The second-order valence-corrected chi connectivity index (χ2v) is 2.50. The first-order valence-electron chi connectivity index (χ1n) is 1.81. The van der Waals surface area contributed by atoms with Gasteiger partial charge >= 0.3 is 0 Å². The van der Waals surface area contributed by atoms with Crippen molar-refractivity contribution in [1.29, 1.82) is 5.26 Å². The van der Waals surface area contributed by atoms with Gasteiger partial charge < -0.3 is 5.11 Å². The number of aliphatic hydroxyl groups is 1. The standard InChI is InChI=1S/C4H7NOS/c1-4(6,3-5)7-2/h6H,1-2H3. The topological polar surface area (TPSA) is 44.0 Å².